The minimum absolute atomic E-state index is 0.0972. The molecular weight excluding hydrogens is 224 g/mol. The maximum atomic E-state index is 9.46. The van der Waals surface area contributed by atoms with Crippen molar-refractivity contribution in [1.82, 2.24) is 10.2 Å². The number of nitrogens with zero attached hydrogens (tertiary/aromatic N) is 1. The van der Waals surface area contributed by atoms with E-state index in [0.29, 0.717) is 5.41 Å². The SMILES string of the molecule is CCNC(C)(CO)CCCN1CCCC(C)(C)C1. The van der Waals surface area contributed by atoms with Gasteiger partial charge in [0.2, 0.25) is 0 Å². The van der Waals surface area contributed by atoms with Crippen molar-refractivity contribution >= 4 is 0 Å². The summed E-state index contributed by atoms with van der Waals surface area (Å²) in [7, 11) is 0. The average molecular weight is 256 g/mol. The van der Waals surface area contributed by atoms with E-state index in [0.717, 1.165) is 13.0 Å². The number of piperidine rings is 1. The normalized spacial score (nSPS) is 23.8. The van der Waals surface area contributed by atoms with Crippen LogP contribution in [0, 0.1) is 5.41 Å². The molecule has 0 aromatic carbocycles. The third-order valence-electron chi connectivity index (χ3n) is 4.13. The van der Waals surface area contributed by atoms with Gasteiger partial charge >= 0.3 is 0 Å². The van der Waals surface area contributed by atoms with E-state index in [1.54, 1.807) is 0 Å². The van der Waals surface area contributed by atoms with Crippen molar-refractivity contribution in [3.63, 3.8) is 0 Å². The van der Waals surface area contributed by atoms with Gasteiger partial charge in [-0.1, -0.05) is 20.8 Å². The molecule has 0 bridgehead atoms. The molecule has 0 aromatic heterocycles. The quantitative estimate of drug-likeness (QED) is 0.733. The van der Waals surface area contributed by atoms with Gasteiger partial charge in [0.25, 0.3) is 0 Å². The number of rotatable bonds is 7. The summed E-state index contributed by atoms with van der Waals surface area (Å²) in [6.45, 7) is 13.8. The number of hydrogen-bond acceptors (Lipinski definition) is 3. The second-order valence-electron chi connectivity index (χ2n) is 6.90. The molecule has 3 heteroatoms. The molecule has 1 unspecified atom stereocenters. The second-order valence-corrected chi connectivity index (χ2v) is 6.90. The van der Waals surface area contributed by atoms with Crippen molar-refractivity contribution in [2.45, 2.75) is 58.9 Å². The lowest BCUT2D eigenvalue weighted by Crippen LogP contribution is -2.46. The zero-order valence-electron chi connectivity index (χ0n) is 12.8. The highest BCUT2D eigenvalue weighted by atomic mass is 16.3. The molecule has 1 aliphatic rings. The van der Waals surface area contributed by atoms with Crippen LogP contribution in [0.15, 0.2) is 0 Å². The van der Waals surface area contributed by atoms with Crippen LogP contribution in [0.5, 0.6) is 0 Å². The van der Waals surface area contributed by atoms with Crippen LogP contribution < -0.4 is 5.32 Å². The third-order valence-corrected chi connectivity index (χ3v) is 4.13. The Labute approximate surface area is 113 Å². The molecule has 1 fully saturated rings. The summed E-state index contributed by atoms with van der Waals surface area (Å²) in [4.78, 5) is 2.59. The van der Waals surface area contributed by atoms with Gasteiger partial charge in [0.1, 0.15) is 0 Å². The molecule has 0 aromatic rings. The molecule has 1 atom stereocenters. The molecule has 1 aliphatic heterocycles. The van der Waals surface area contributed by atoms with E-state index in [9.17, 15) is 5.11 Å². The molecule has 0 saturated carbocycles. The summed E-state index contributed by atoms with van der Waals surface area (Å²) in [6, 6.07) is 0. The van der Waals surface area contributed by atoms with E-state index in [1.807, 2.05) is 0 Å². The Hall–Kier alpha value is -0.120. The number of hydrogen-bond donors (Lipinski definition) is 2. The van der Waals surface area contributed by atoms with Gasteiger partial charge in [-0.25, -0.2) is 0 Å². The minimum Gasteiger partial charge on any atom is -0.394 e. The lowest BCUT2D eigenvalue weighted by atomic mass is 9.84. The molecule has 0 amide bonds. The Kier molecular flexibility index (Phi) is 6.09. The Bertz CT molecular complexity index is 243. The minimum atomic E-state index is -0.0972. The number of nitrogens with one attached hydrogen (secondary N) is 1. The lowest BCUT2D eigenvalue weighted by Gasteiger charge is -2.38. The predicted molar refractivity (Wildman–Crippen MR) is 77.9 cm³/mol. The largest absolute Gasteiger partial charge is 0.394 e. The highest BCUT2D eigenvalue weighted by Gasteiger charge is 2.27. The van der Waals surface area contributed by atoms with E-state index in [1.165, 1.54) is 38.9 Å². The molecule has 0 aliphatic carbocycles. The molecule has 3 nitrogen and oxygen atoms in total. The van der Waals surface area contributed by atoms with Crippen molar-refractivity contribution in [1.29, 1.82) is 0 Å². The lowest BCUT2D eigenvalue weighted by molar-refractivity contribution is 0.107. The topological polar surface area (TPSA) is 35.5 Å². The number of aliphatic hydroxyl groups is 1. The van der Waals surface area contributed by atoms with Gasteiger partial charge < -0.3 is 15.3 Å². The second kappa shape index (κ2) is 6.88. The average Bonchev–Trinajstić information content (AvgIpc) is 2.28. The van der Waals surface area contributed by atoms with Crippen molar-refractivity contribution in [2.24, 2.45) is 5.41 Å². The van der Waals surface area contributed by atoms with Gasteiger partial charge in [-0.2, -0.15) is 0 Å². The van der Waals surface area contributed by atoms with Crippen LogP contribution in [-0.2, 0) is 0 Å². The van der Waals surface area contributed by atoms with Crippen molar-refractivity contribution in [3.05, 3.63) is 0 Å². The third kappa shape index (κ3) is 5.25. The van der Waals surface area contributed by atoms with Crippen LogP contribution in [0.2, 0.25) is 0 Å². The van der Waals surface area contributed by atoms with Gasteiger partial charge in [-0.3, -0.25) is 0 Å². The van der Waals surface area contributed by atoms with Crippen LogP contribution in [0.3, 0.4) is 0 Å². The molecule has 18 heavy (non-hydrogen) atoms. The Morgan fingerprint density at radius 3 is 2.67 bits per heavy atom. The van der Waals surface area contributed by atoms with Gasteiger partial charge in [0.15, 0.2) is 0 Å². The molecular formula is C15H32N2O. The first-order chi connectivity index (χ1) is 8.41. The monoisotopic (exact) mass is 256 g/mol. The number of likely N-dealkylation sites (tertiary alicyclic amines) is 1. The Balaban J connectivity index is 2.28. The summed E-state index contributed by atoms with van der Waals surface area (Å²) in [6.07, 6.45) is 4.90. The molecule has 1 heterocycles. The van der Waals surface area contributed by atoms with E-state index in [2.05, 4.69) is 37.9 Å². The van der Waals surface area contributed by atoms with E-state index in [4.69, 9.17) is 0 Å². The zero-order valence-corrected chi connectivity index (χ0v) is 12.8. The van der Waals surface area contributed by atoms with Crippen LogP contribution in [0.4, 0.5) is 0 Å². The fraction of sp³-hybridized carbons (Fsp3) is 1.00. The predicted octanol–water partition coefficient (Wildman–Crippen LogP) is 2.25. The Morgan fingerprint density at radius 2 is 2.11 bits per heavy atom. The summed E-state index contributed by atoms with van der Waals surface area (Å²) in [5.74, 6) is 0. The highest BCUT2D eigenvalue weighted by Crippen LogP contribution is 2.28. The standard InChI is InChI=1S/C15H32N2O/c1-5-16-15(4,13-18)9-7-11-17-10-6-8-14(2,3)12-17/h16,18H,5-13H2,1-4H3. The summed E-state index contributed by atoms with van der Waals surface area (Å²) >= 11 is 0. The van der Waals surface area contributed by atoms with Crippen LogP contribution in [-0.4, -0.2) is 48.3 Å². The fourth-order valence-corrected chi connectivity index (χ4v) is 3.08. The van der Waals surface area contributed by atoms with Crippen LogP contribution in [0.25, 0.3) is 0 Å². The molecule has 0 spiro atoms. The first kappa shape index (κ1) is 15.9. The van der Waals surface area contributed by atoms with Crippen molar-refractivity contribution < 1.29 is 5.11 Å². The van der Waals surface area contributed by atoms with Crippen molar-refractivity contribution in [2.75, 3.05) is 32.8 Å². The summed E-state index contributed by atoms with van der Waals surface area (Å²) in [5, 5.41) is 12.9. The zero-order chi connectivity index (χ0) is 13.6. The number of aliphatic hydroxyl groups excluding tert-OH is 1. The highest BCUT2D eigenvalue weighted by molar-refractivity contribution is 4.83. The fourth-order valence-electron chi connectivity index (χ4n) is 3.08. The van der Waals surface area contributed by atoms with Crippen molar-refractivity contribution in [3.8, 4) is 0 Å². The maximum absolute atomic E-state index is 9.46. The maximum Gasteiger partial charge on any atom is 0.0610 e. The van der Waals surface area contributed by atoms with Gasteiger partial charge in [0, 0.05) is 12.1 Å². The summed E-state index contributed by atoms with van der Waals surface area (Å²) < 4.78 is 0. The molecule has 0 radical (unpaired) electrons. The Morgan fingerprint density at radius 1 is 1.39 bits per heavy atom. The van der Waals surface area contributed by atoms with Gasteiger partial charge in [-0.05, 0) is 57.7 Å². The molecule has 1 rings (SSSR count). The summed E-state index contributed by atoms with van der Waals surface area (Å²) in [5.41, 5.74) is 0.389. The van der Waals surface area contributed by atoms with Gasteiger partial charge in [-0.15, -0.1) is 0 Å². The van der Waals surface area contributed by atoms with Crippen LogP contribution >= 0.6 is 0 Å². The molecule has 1 saturated heterocycles. The number of likely N-dealkylation sites (N-methyl/N-ethyl adjacent to an activating group) is 1. The smallest absolute Gasteiger partial charge is 0.0610 e. The van der Waals surface area contributed by atoms with Gasteiger partial charge in [0.05, 0.1) is 6.61 Å². The van der Waals surface area contributed by atoms with E-state index >= 15 is 0 Å². The first-order valence-corrected chi connectivity index (χ1v) is 7.49. The van der Waals surface area contributed by atoms with E-state index in [-0.39, 0.29) is 12.1 Å². The van der Waals surface area contributed by atoms with Crippen LogP contribution in [0.1, 0.15) is 53.4 Å². The molecule has 108 valence electrons. The first-order valence-electron chi connectivity index (χ1n) is 7.49. The van der Waals surface area contributed by atoms with E-state index < -0.39 is 0 Å². The molecule has 2 N–H and O–H groups in total.